The Morgan fingerprint density at radius 1 is 0.842 bits per heavy atom. The van der Waals surface area contributed by atoms with Crippen LogP contribution >= 0.6 is 0 Å². The van der Waals surface area contributed by atoms with E-state index in [1.165, 1.54) is 27.6 Å². The second kappa shape index (κ2) is 5.23. The molecule has 1 heteroatoms. The quantitative estimate of drug-likeness (QED) is 0.671. The van der Waals surface area contributed by atoms with Crippen molar-refractivity contribution in [3.05, 3.63) is 77.6 Å². The first-order chi connectivity index (χ1) is 9.33. The van der Waals surface area contributed by atoms with Crippen molar-refractivity contribution in [2.24, 2.45) is 0 Å². The standard InChI is InChI=1S/C18H17N/c1-14-9-11-17(19-13-14)12-10-16-7-4-6-15-5-2-3-8-18(15)16/h2-9,11,13H,10,12H2,1H3. The van der Waals surface area contributed by atoms with E-state index < -0.39 is 0 Å². The third-order valence-electron chi connectivity index (χ3n) is 3.50. The van der Waals surface area contributed by atoms with Crippen molar-refractivity contribution in [1.29, 1.82) is 0 Å². The van der Waals surface area contributed by atoms with Crippen LogP contribution in [-0.2, 0) is 12.8 Å². The van der Waals surface area contributed by atoms with E-state index in [0.29, 0.717) is 0 Å². The van der Waals surface area contributed by atoms with Crippen LogP contribution in [0.1, 0.15) is 16.8 Å². The van der Waals surface area contributed by atoms with Gasteiger partial charge in [-0.3, -0.25) is 4.98 Å². The highest BCUT2D eigenvalue weighted by Crippen LogP contribution is 2.19. The van der Waals surface area contributed by atoms with Crippen LogP contribution in [0.2, 0.25) is 0 Å². The minimum atomic E-state index is 0.994. The molecule has 0 saturated carbocycles. The second-order valence-corrected chi connectivity index (χ2v) is 4.97. The fourth-order valence-electron chi connectivity index (χ4n) is 2.42. The van der Waals surface area contributed by atoms with Crippen molar-refractivity contribution in [3.63, 3.8) is 0 Å². The monoisotopic (exact) mass is 247 g/mol. The van der Waals surface area contributed by atoms with E-state index in [1.807, 2.05) is 6.20 Å². The maximum absolute atomic E-state index is 4.47. The van der Waals surface area contributed by atoms with Gasteiger partial charge in [0.15, 0.2) is 0 Å². The van der Waals surface area contributed by atoms with Crippen LogP contribution in [0.4, 0.5) is 0 Å². The van der Waals surface area contributed by atoms with E-state index in [1.54, 1.807) is 0 Å². The second-order valence-electron chi connectivity index (χ2n) is 4.97. The smallest absolute Gasteiger partial charge is 0.0407 e. The summed E-state index contributed by atoms with van der Waals surface area (Å²) < 4.78 is 0. The van der Waals surface area contributed by atoms with Crippen LogP contribution in [0.15, 0.2) is 60.8 Å². The molecule has 0 aliphatic carbocycles. The molecule has 0 bridgehead atoms. The predicted octanol–water partition coefficient (Wildman–Crippen LogP) is 4.33. The Kier molecular flexibility index (Phi) is 3.28. The summed E-state index contributed by atoms with van der Waals surface area (Å²) in [5.74, 6) is 0. The van der Waals surface area contributed by atoms with Gasteiger partial charge in [-0.05, 0) is 47.7 Å². The summed E-state index contributed by atoms with van der Waals surface area (Å²) in [7, 11) is 0. The normalized spacial score (nSPS) is 10.8. The zero-order chi connectivity index (χ0) is 13.1. The molecule has 3 rings (SSSR count). The molecule has 0 saturated heterocycles. The largest absolute Gasteiger partial charge is 0.261 e. The highest BCUT2D eigenvalue weighted by molar-refractivity contribution is 5.85. The summed E-state index contributed by atoms with van der Waals surface area (Å²) in [4.78, 5) is 4.47. The summed E-state index contributed by atoms with van der Waals surface area (Å²) in [6.45, 7) is 2.07. The zero-order valence-electron chi connectivity index (χ0n) is 11.1. The van der Waals surface area contributed by atoms with E-state index in [-0.39, 0.29) is 0 Å². The van der Waals surface area contributed by atoms with Crippen molar-refractivity contribution in [2.75, 3.05) is 0 Å². The fraction of sp³-hybridized carbons (Fsp3) is 0.167. The minimum absolute atomic E-state index is 0.994. The summed E-state index contributed by atoms with van der Waals surface area (Å²) >= 11 is 0. The van der Waals surface area contributed by atoms with Crippen molar-refractivity contribution < 1.29 is 0 Å². The maximum Gasteiger partial charge on any atom is 0.0407 e. The Labute approximate surface area is 113 Å². The first kappa shape index (κ1) is 11.9. The van der Waals surface area contributed by atoms with Crippen molar-refractivity contribution in [2.45, 2.75) is 19.8 Å². The van der Waals surface area contributed by atoms with Gasteiger partial charge >= 0.3 is 0 Å². The molecule has 0 N–H and O–H groups in total. The van der Waals surface area contributed by atoms with Gasteiger partial charge in [-0.2, -0.15) is 0 Å². The molecule has 0 aliphatic heterocycles. The molecule has 1 heterocycles. The Hall–Kier alpha value is -2.15. The zero-order valence-corrected chi connectivity index (χ0v) is 11.1. The molecule has 0 unspecified atom stereocenters. The molecule has 0 fully saturated rings. The number of rotatable bonds is 3. The van der Waals surface area contributed by atoms with E-state index in [0.717, 1.165) is 12.8 Å². The number of pyridine rings is 1. The number of aryl methyl sites for hydroxylation is 3. The Balaban J connectivity index is 1.84. The SMILES string of the molecule is Cc1ccc(CCc2cccc3ccccc23)nc1. The molecular weight excluding hydrogens is 230 g/mol. The van der Waals surface area contributed by atoms with Gasteiger partial charge in [0.1, 0.15) is 0 Å². The lowest BCUT2D eigenvalue weighted by atomic mass is 10.00. The highest BCUT2D eigenvalue weighted by Gasteiger charge is 2.01. The highest BCUT2D eigenvalue weighted by atomic mass is 14.7. The summed E-state index contributed by atoms with van der Waals surface area (Å²) in [5, 5.41) is 2.67. The molecule has 3 aromatic rings. The van der Waals surface area contributed by atoms with Gasteiger partial charge in [-0.25, -0.2) is 0 Å². The summed E-state index contributed by atoms with van der Waals surface area (Å²) in [6, 6.07) is 19.4. The van der Waals surface area contributed by atoms with E-state index in [4.69, 9.17) is 0 Å². The van der Waals surface area contributed by atoms with Gasteiger partial charge in [0.2, 0.25) is 0 Å². The number of fused-ring (bicyclic) bond motifs is 1. The van der Waals surface area contributed by atoms with Crippen LogP contribution in [-0.4, -0.2) is 4.98 Å². The number of nitrogens with zero attached hydrogens (tertiary/aromatic N) is 1. The van der Waals surface area contributed by atoms with E-state index in [2.05, 4.69) is 66.5 Å². The third kappa shape index (κ3) is 2.65. The van der Waals surface area contributed by atoms with Crippen LogP contribution in [0.5, 0.6) is 0 Å². The number of benzene rings is 2. The maximum atomic E-state index is 4.47. The molecule has 0 radical (unpaired) electrons. The van der Waals surface area contributed by atoms with Crippen LogP contribution in [0.25, 0.3) is 10.8 Å². The van der Waals surface area contributed by atoms with Gasteiger partial charge in [0.05, 0.1) is 0 Å². The first-order valence-corrected chi connectivity index (χ1v) is 6.71. The first-order valence-electron chi connectivity index (χ1n) is 6.71. The third-order valence-corrected chi connectivity index (χ3v) is 3.50. The predicted molar refractivity (Wildman–Crippen MR) is 80.3 cm³/mol. The van der Waals surface area contributed by atoms with Crippen molar-refractivity contribution >= 4 is 10.8 Å². The van der Waals surface area contributed by atoms with E-state index >= 15 is 0 Å². The average Bonchev–Trinajstić information content (AvgIpc) is 2.47. The molecule has 0 atom stereocenters. The van der Waals surface area contributed by atoms with Gasteiger partial charge in [0.25, 0.3) is 0 Å². The van der Waals surface area contributed by atoms with Crippen molar-refractivity contribution in [1.82, 2.24) is 4.98 Å². The molecule has 0 amide bonds. The Morgan fingerprint density at radius 3 is 2.53 bits per heavy atom. The lowest BCUT2D eigenvalue weighted by molar-refractivity contribution is 0.917. The topological polar surface area (TPSA) is 12.9 Å². The van der Waals surface area contributed by atoms with Crippen LogP contribution in [0.3, 0.4) is 0 Å². The minimum Gasteiger partial charge on any atom is -0.261 e. The van der Waals surface area contributed by atoms with Crippen molar-refractivity contribution in [3.8, 4) is 0 Å². The Morgan fingerprint density at radius 2 is 1.68 bits per heavy atom. The molecule has 0 aliphatic rings. The molecule has 2 aromatic carbocycles. The van der Waals surface area contributed by atoms with Gasteiger partial charge in [0, 0.05) is 11.9 Å². The number of hydrogen-bond donors (Lipinski definition) is 0. The molecule has 1 aromatic heterocycles. The molecular formula is C18H17N. The summed E-state index contributed by atoms with van der Waals surface area (Å²) in [5.41, 5.74) is 3.79. The molecule has 1 nitrogen and oxygen atoms in total. The van der Waals surface area contributed by atoms with E-state index in [9.17, 15) is 0 Å². The Bertz CT molecular complexity index is 678. The lowest BCUT2D eigenvalue weighted by Crippen LogP contribution is -1.95. The fourth-order valence-corrected chi connectivity index (χ4v) is 2.42. The van der Waals surface area contributed by atoms with Gasteiger partial charge in [-0.15, -0.1) is 0 Å². The average molecular weight is 247 g/mol. The lowest BCUT2D eigenvalue weighted by Gasteiger charge is -2.06. The van der Waals surface area contributed by atoms with Gasteiger partial charge in [-0.1, -0.05) is 48.5 Å². The number of aromatic nitrogens is 1. The number of hydrogen-bond acceptors (Lipinski definition) is 1. The van der Waals surface area contributed by atoms with Crippen LogP contribution < -0.4 is 0 Å². The van der Waals surface area contributed by atoms with Crippen LogP contribution in [0, 0.1) is 6.92 Å². The summed E-state index contributed by atoms with van der Waals surface area (Å²) in [6.07, 6.45) is 3.98. The molecule has 94 valence electrons. The molecule has 0 spiro atoms. The molecule has 19 heavy (non-hydrogen) atoms. The van der Waals surface area contributed by atoms with Gasteiger partial charge < -0.3 is 0 Å².